The number of aliphatic carboxylic acids is 1. The topological polar surface area (TPSA) is 62.7 Å². The third-order valence-corrected chi connectivity index (χ3v) is 4.78. The molecule has 1 aliphatic rings. The van der Waals surface area contributed by atoms with Gasteiger partial charge in [-0.3, -0.25) is 14.7 Å². The van der Waals surface area contributed by atoms with Crippen molar-refractivity contribution in [2.45, 2.75) is 12.6 Å². The van der Waals surface area contributed by atoms with Gasteiger partial charge < -0.3 is 9.84 Å². The maximum absolute atomic E-state index is 12.1. The van der Waals surface area contributed by atoms with E-state index in [4.69, 9.17) is 4.74 Å². The largest absolute Gasteiger partial charge is 0.492 e. The number of rotatable bonds is 4. The number of aromatic nitrogens is 1. The Hall–Kier alpha value is -3.18. The van der Waals surface area contributed by atoms with E-state index in [0.29, 0.717) is 31.0 Å². The molecule has 27 heavy (non-hydrogen) atoms. The first-order valence-electron chi connectivity index (χ1n) is 8.92. The summed E-state index contributed by atoms with van der Waals surface area (Å²) in [4.78, 5) is 18.5. The van der Waals surface area contributed by atoms with E-state index in [1.807, 2.05) is 71.6 Å². The third kappa shape index (κ3) is 3.55. The molecule has 1 N–H and O–H groups in total. The van der Waals surface area contributed by atoms with Gasteiger partial charge in [-0.15, -0.1) is 0 Å². The predicted molar refractivity (Wildman–Crippen MR) is 102 cm³/mol. The third-order valence-electron chi connectivity index (χ3n) is 4.78. The standard InChI is InChI=1S/C22H20N2O3/c25-22(26)21-18-9-3-4-11-20(18)27-14-13-24(21)15-16-7-1-2-8-17(16)19-10-5-6-12-23-19/h1-12,21H,13-15H2,(H,25,26). The minimum Gasteiger partial charge on any atom is -0.492 e. The summed E-state index contributed by atoms with van der Waals surface area (Å²) in [6.07, 6.45) is 1.77. The highest BCUT2D eigenvalue weighted by molar-refractivity contribution is 5.77. The molecular formula is C22H20N2O3. The van der Waals surface area contributed by atoms with Crippen LogP contribution in [0.15, 0.2) is 72.9 Å². The molecule has 0 saturated heterocycles. The minimum absolute atomic E-state index is 0.451. The minimum atomic E-state index is -0.872. The van der Waals surface area contributed by atoms with Crippen molar-refractivity contribution in [3.05, 3.63) is 84.1 Å². The molecule has 0 bridgehead atoms. The van der Waals surface area contributed by atoms with Crippen LogP contribution >= 0.6 is 0 Å². The monoisotopic (exact) mass is 360 g/mol. The second-order valence-electron chi connectivity index (χ2n) is 6.47. The van der Waals surface area contributed by atoms with E-state index < -0.39 is 12.0 Å². The first-order valence-corrected chi connectivity index (χ1v) is 8.92. The molecule has 5 heteroatoms. The molecule has 0 saturated carbocycles. The fraction of sp³-hybridized carbons (Fsp3) is 0.182. The van der Waals surface area contributed by atoms with Crippen LogP contribution in [0.3, 0.4) is 0 Å². The zero-order chi connectivity index (χ0) is 18.6. The van der Waals surface area contributed by atoms with Crippen LogP contribution in [0.4, 0.5) is 0 Å². The number of fused-ring (bicyclic) bond motifs is 1. The summed E-state index contributed by atoms with van der Waals surface area (Å²) in [7, 11) is 0. The van der Waals surface area contributed by atoms with Gasteiger partial charge in [0.1, 0.15) is 18.4 Å². The van der Waals surface area contributed by atoms with E-state index >= 15 is 0 Å². The van der Waals surface area contributed by atoms with E-state index in [1.54, 1.807) is 6.20 Å². The highest BCUT2D eigenvalue weighted by atomic mass is 16.5. The van der Waals surface area contributed by atoms with Crippen molar-refractivity contribution >= 4 is 5.97 Å². The lowest BCUT2D eigenvalue weighted by molar-refractivity contribution is -0.143. The van der Waals surface area contributed by atoms with Crippen molar-refractivity contribution < 1.29 is 14.6 Å². The number of hydrogen-bond donors (Lipinski definition) is 1. The second-order valence-corrected chi connectivity index (χ2v) is 6.47. The Morgan fingerprint density at radius 3 is 2.67 bits per heavy atom. The SMILES string of the molecule is O=C(O)C1c2ccccc2OCCN1Cc1ccccc1-c1ccccn1. The Morgan fingerprint density at radius 2 is 1.85 bits per heavy atom. The fourth-order valence-corrected chi connectivity index (χ4v) is 3.55. The molecule has 1 aliphatic heterocycles. The number of benzene rings is 2. The molecule has 0 spiro atoms. The van der Waals surface area contributed by atoms with Crippen molar-refractivity contribution in [2.24, 2.45) is 0 Å². The number of carbonyl (C=O) groups is 1. The Balaban J connectivity index is 1.71. The number of pyridine rings is 1. The maximum Gasteiger partial charge on any atom is 0.325 e. The summed E-state index contributed by atoms with van der Waals surface area (Å²) >= 11 is 0. The molecule has 4 rings (SSSR count). The second kappa shape index (κ2) is 7.60. The Kier molecular flexibility index (Phi) is 4.85. The van der Waals surface area contributed by atoms with Crippen molar-refractivity contribution in [3.63, 3.8) is 0 Å². The molecule has 0 fully saturated rings. The molecule has 2 aromatic carbocycles. The van der Waals surface area contributed by atoms with Gasteiger partial charge in [-0.05, 0) is 23.8 Å². The van der Waals surface area contributed by atoms with Crippen LogP contribution in [-0.2, 0) is 11.3 Å². The molecule has 0 amide bonds. The Labute approximate surface area is 157 Å². The van der Waals surface area contributed by atoms with Gasteiger partial charge in [0.25, 0.3) is 0 Å². The van der Waals surface area contributed by atoms with Crippen LogP contribution in [-0.4, -0.2) is 34.1 Å². The van der Waals surface area contributed by atoms with Crippen LogP contribution in [0.5, 0.6) is 5.75 Å². The van der Waals surface area contributed by atoms with Crippen molar-refractivity contribution in [1.82, 2.24) is 9.88 Å². The summed E-state index contributed by atoms with van der Waals surface area (Å²) in [6, 6.07) is 20.4. The van der Waals surface area contributed by atoms with Gasteiger partial charge in [0.15, 0.2) is 0 Å². The Morgan fingerprint density at radius 1 is 1.07 bits per heavy atom. The van der Waals surface area contributed by atoms with Crippen LogP contribution in [0, 0.1) is 0 Å². The highest BCUT2D eigenvalue weighted by Crippen LogP contribution is 2.34. The first-order chi connectivity index (χ1) is 13.2. The van der Waals surface area contributed by atoms with Crippen LogP contribution < -0.4 is 4.74 Å². The number of carboxylic acid groups (broad SMARTS) is 1. The lowest BCUT2D eigenvalue weighted by atomic mass is 10.0. The van der Waals surface area contributed by atoms with Gasteiger partial charge in [0.2, 0.25) is 0 Å². The van der Waals surface area contributed by atoms with E-state index in [2.05, 4.69) is 4.98 Å². The van der Waals surface area contributed by atoms with E-state index in [-0.39, 0.29) is 0 Å². The van der Waals surface area contributed by atoms with Gasteiger partial charge in [0, 0.05) is 30.4 Å². The van der Waals surface area contributed by atoms with Crippen LogP contribution in [0.1, 0.15) is 17.2 Å². The van der Waals surface area contributed by atoms with E-state index in [0.717, 1.165) is 16.8 Å². The van der Waals surface area contributed by atoms with Crippen molar-refractivity contribution in [2.75, 3.05) is 13.2 Å². The number of ether oxygens (including phenoxy) is 1. The Bertz CT molecular complexity index is 943. The number of hydrogen-bond acceptors (Lipinski definition) is 4. The van der Waals surface area contributed by atoms with E-state index in [1.165, 1.54) is 0 Å². The molecular weight excluding hydrogens is 340 g/mol. The zero-order valence-electron chi connectivity index (χ0n) is 14.8. The van der Waals surface area contributed by atoms with Gasteiger partial charge in [0.05, 0.1) is 5.69 Å². The molecule has 5 nitrogen and oxygen atoms in total. The summed E-state index contributed by atoms with van der Waals surface area (Å²) in [5, 5.41) is 9.94. The average molecular weight is 360 g/mol. The fourth-order valence-electron chi connectivity index (χ4n) is 3.55. The van der Waals surface area contributed by atoms with Crippen LogP contribution in [0.25, 0.3) is 11.3 Å². The highest BCUT2D eigenvalue weighted by Gasteiger charge is 2.32. The van der Waals surface area contributed by atoms with Gasteiger partial charge in [-0.2, -0.15) is 0 Å². The summed E-state index contributed by atoms with van der Waals surface area (Å²) < 4.78 is 5.79. The summed E-state index contributed by atoms with van der Waals surface area (Å²) in [6.45, 7) is 1.48. The lowest BCUT2D eigenvalue weighted by Crippen LogP contribution is -2.34. The summed E-state index contributed by atoms with van der Waals surface area (Å²) in [5.74, 6) is -0.228. The quantitative estimate of drug-likeness (QED) is 0.767. The lowest BCUT2D eigenvalue weighted by Gasteiger charge is -2.27. The van der Waals surface area contributed by atoms with Gasteiger partial charge in [-0.25, -0.2) is 0 Å². The maximum atomic E-state index is 12.1. The predicted octanol–water partition coefficient (Wildman–Crippen LogP) is 3.77. The zero-order valence-corrected chi connectivity index (χ0v) is 14.8. The molecule has 136 valence electrons. The summed E-state index contributed by atoms with van der Waals surface area (Å²) in [5.41, 5.74) is 3.63. The molecule has 1 unspecified atom stereocenters. The smallest absolute Gasteiger partial charge is 0.325 e. The van der Waals surface area contributed by atoms with Crippen molar-refractivity contribution in [1.29, 1.82) is 0 Å². The molecule has 0 radical (unpaired) electrons. The number of carboxylic acids is 1. The molecule has 1 aromatic heterocycles. The average Bonchev–Trinajstić information content (AvgIpc) is 2.88. The number of nitrogens with zero attached hydrogens (tertiary/aromatic N) is 2. The molecule has 1 atom stereocenters. The van der Waals surface area contributed by atoms with E-state index in [9.17, 15) is 9.90 Å². The molecule has 3 aromatic rings. The molecule has 2 heterocycles. The van der Waals surface area contributed by atoms with Crippen molar-refractivity contribution in [3.8, 4) is 17.0 Å². The molecule has 0 aliphatic carbocycles. The van der Waals surface area contributed by atoms with Crippen LogP contribution in [0.2, 0.25) is 0 Å². The normalized spacial score (nSPS) is 16.8. The first kappa shape index (κ1) is 17.2. The van der Waals surface area contributed by atoms with Gasteiger partial charge in [-0.1, -0.05) is 48.5 Å². The van der Waals surface area contributed by atoms with Gasteiger partial charge >= 0.3 is 5.97 Å². The number of para-hydroxylation sites is 1.